The number of halogens is 1. The third-order valence-electron chi connectivity index (χ3n) is 4.36. The average Bonchev–Trinajstić information content (AvgIpc) is 2.69. The van der Waals surface area contributed by atoms with Crippen LogP contribution in [0, 0.1) is 5.82 Å². The van der Waals surface area contributed by atoms with Crippen LogP contribution in [0.3, 0.4) is 0 Å². The van der Waals surface area contributed by atoms with Gasteiger partial charge in [0.1, 0.15) is 11.9 Å². The van der Waals surface area contributed by atoms with Gasteiger partial charge < -0.3 is 10.6 Å². The van der Waals surface area contributed by atoms with Gasteiger partial charge in [-0.15, -0.1) is 0 Å². The third-order valence-corrected chi connectivity index (χ3v) is 4.36. The Kier molecular flexibility index (Phi) is 5.77. The first-order valence-electron chi connectivity index (χ1n) is 8.65. The Balaban J connectivity index is 1.81. The number of nitrogens with one attached hydrogen (secondary N) is 1. The summed E-state index contributed by atoms with van der Waals surface area (Å²) in [5.74, 6) is -0.461. The van der Waals surface area contributed by atoms with Crippen molar-refractivity contribution in [2.45, 2.75) is 19.0 Å². The largest absolute Gasteiger partial charge is 0.326 e. The lowest BCUT2D eigenvalue weighted by molar-refractivity contribution is -0.718. The van der Waals surface area contributed by atoms with E-state index in [0.29, 0.717) is 5.69 Å². The fraction of sp³-hybridized carbons (Fsp3) is 0.136. The highest BCUT2D eigenvalue weighted by Crippen LogP contribution is 2.16. The third kappa shape index (κ3) is 4.55. The molecule has 0 heterocycles. The number of carbonyl (C=O) groups excluding carboxylic acids is 1. The minimum Gasteiger partial charge on any atom is -0.326 e. The maximum Gasteiger partial charge on any atom is 0.287 e. The van der Waals surface area contributed by atoms with Crippen LogP contribution in [0.5, 0.6) is 0 Å². The summed E-state index contributed by atoms with van der Waals surface area (Å²) in [7, 11) is 0. The second kappa shape index (κ2) is 8.41. The molecule has 3 rings (SSSR count). The summed E-state index contributed by atoms with van der Waals surface area (Å²) in [6.45, 7) is 2.08. The van der Waals surface area contributed by atoms with Crippen LogP contribution in [0.1, 0.15) is 30.1 Å². The predicted molar refractivity (Wildman–Crippen MR) is 101 cm³/mol. The van der Waals surface area contributed by atoms with Crippen LogP contribution in [0.25, 0.3) is 0 Å². The minimum absolute atomic E-state index is 0.111. The maximum atomic E-state index is 13.1. The highest BCUT2D eigenvalue weighted by molar-refractivity contribution is 5.94. The molecule has 1 amide bonds. The average molecular weight is 349 g/mol. The summed E-state index contributed by atoms with van der Waals surface area (Å²) < 4.78 is 13.1. The van der Waals surface area contributed by atoms with Crippen molar-refractivity contribution >= 4 is 11.6 Å². The van der Waals surface area contributed by atoms with Crippen LogP contribution < -0.4 is 10.6 Å². The lowest BCUT2D eigenvalue weighted by atomic mass is 10.0. The van der Waals surface area contributed by atoms with E-state index in [1.165, 1.54) is 12.1 Å². The van der Waals surface area contributed by atoms with Gasteiger partial charge >= 0.3 is 0 Å². The molecule has 3 nitrogen and oxygen atoms in total. The zero-order valence-electron chi connectivity index (χ0n) is 14.6. The van der Waals surface area contributed by atoms with E-state index >= 15 is 0 Å². The van der Waals surface area contributed by atoms with Crippen LogP contribution in [-0.2, 0) is 4.79 Å². The number of benzene rings is 3. The zero-order chi connectivity index (χ0) is 18.4. The lowest BCUT2D eigenvalue weighted by Crippen LogP contribution is -2.87. The quantitative estimate of drug-likeness (QED) is 0.698. The first-order valence-corrected chi connectivity index (χ1v) is 8.65. The van der Waals surface area contributed by atoms with Crippen molar-refractivity contribution in [2.75, 3.05) is 5.32 Å². The summed E-state index contributed by atoms with van der Waals surface area (Å²) in [6.07, 6.45) is 0. The van der Waals surface area contributed by atoms with Gasteiger partial charge in [0.05, 0.1) is 0 Å². The van der Waals surface area contributed by atoms with Gasteiger partial charge in [0.15, 0.2) is 6.04 Å². The van der Waals surface area contributed by atoms with Gasteiger partial charge in [0.2, 0.25) is 0 Å². The van der Waals surface area contributed by atoms with E-state index in [9.17, 15) is 9.18 Å². The summed E-state index contributed by atoms with van der Waals surface area (Å²) in [5, 5.41) is 4.93. The molecule has 0 radical (unpaired) electrons. The van der Waals surface area contributed by atoms with Crippen molar-refractivity contribution in [3.05, 3.63) is 102 Å². The summed E-state index contributed by atoms with van der Waals surface area (Å²) in [5.41, 5.74) is 2.66. The molecular weight excluding hydrogens is 327 g/mol. The van der Waals surface area contributed by atoms with Gasteiger partial charge in [0, 0.05) is 16.8 Å². The molecule has 4 heteroatoms. The van der Waals surface area contributed by atoms with Crippen molar-refractivity contribution in [3.8, 4) is 0 Å². The first kappa shape index (κ1) is 17.8. The van der Waals surface area contributed by atoms with Crippen LogP contribution in [-0.4, -0.2) is 5.91 Å². The van der Waals surface area contributed by atoms with Crippen molar-refractivity contribution in [3.63, 3.8) is 0 Å². The van der Waals surface area contributed by atoms with E-state index in [1.807, 2.05) is 53.8 Å². The molecule has 26 heavy (non-hydrogen) atoms. The molecule has 0 bridgehead atoms. The van der Waals surface area contributed by atoms with Crippen molar-refractivity contribution in [1.82, 2.24) is 0 Å². The van der Waals surface area contributed by atoms with E-state index in [-0.39, 0.29) is 17.8 Å². The molecule has 0 fully saturated rings. The molecule has 0 saturated carbocycles. The molecule has 3 aromatic carbocycles. The molecular formula is C22H22FN2O+. The number of carbonyl (C=O) groups is 1. The van der Waals surface area contributed by atoms with Gasteiger partial charge in [-0.2, -0.15) is 0 Å². The van der Waals surface area contributed by atoms with Crippen LogP contribution >= 0.6 is 0 Å². The standard InChI is InChI=1S/C22H21FN2O/c1-16(17-8-4-2-5-9-17)24-21(18-10-6-3-7-11-18)22(26)25-20-14-12-19(23)13-15-20/h2-16,21,24H,1H3,(H,25,26)/p+1/t16-,21-/m1/s1. The molecule has 0 saturated heterocycles. The Bertz CT molecular complexity index is 835. The maximum absolute atomic E-state index is 13.1. The number of hydrogen-bond acceptors (Lipinski definition) is 1. The number of amides is 1. The zero-order valence-corrected chi connectivity index (χ0v) is 14.6. The van der Waals surface area contributed by atoms with Gasteiger partial charge in [-0.25, -0.2) is 4.39 Å². The number of rotatable bonds is 6. The highest BCUT2D eigenvalue weighted by atomic mass is 19.1. The Morgan fingerprint density at radius 3 is 1.96 bits per heavy atom. The second-order valence-electron chi connectivity index (χ2n) is 6.28. The van der Waals surface area contributed by atoms with Gasteiger partial charge in [-0.05, 0) is 31.2 Å². The van der Waals surface area contributed by atoms with Gasteiger partial charge in [-0.1, -0.05) is 60.7 Å². The van der Waals surface area contributed by atoms with E-state index < -0.39 is 6.04 Å². The summed E-state index contributed by atoms with van der Waals surface area (Å²) in [4.78, 5) is 12.9. The Hall–Kier alpha value is -2.98. The fourth-order valence-corrected chi connectivity index (χ4v) is 2.92. The minimum atomic E-state index is -0.406. The molecule has 0 aliphatic heterocycles. The number of quaternary nitrogens is 1. The number of anilines is 1. The Morgan fingerprint density at radius 2 is 1.38 bits per heavy atom. The highest BCUT2D eigenvalue weighted by Gasteiger charge is 2.27. The fourth-order valence-electron chi connectivity index (χ4n) is 2.92. The summed E-state index contributed by atoms with van der Waals surface area (Å²) >= 11 is 0. The molecule has 0 spiro atoms. The van der Waals surface area contributed by atoms with Crippen LogP contribution in [0.2, 0.25) is 0 Å². The van der Waals surface area contributed by atoms with Crippen LogP contribution in [0.15, 0.2) is 84.9 Å². The first-order chi connectivity index (χ1) is 12.6. The second-order valence-corrected chi connectivity index (χ2v) is 6.28. The molecule has 0 unspecified atom stereocenters. The normalized spacial score (nSPS) is 13.0. The smallest absolute Gasteiger partial charge is 0.287 e. The van der Waals surface area contributed by atoms with Crippen LogP contribution in [0.4, 0.5) is 10.1 Å². The van der Waals surface area contributed by atoms with E-state index in [4.69, 9.17) is 0 Å². The Labute approximate surface area is 152 Å². The summed E-state index contributed by atoms with van der Waals surface area (Å²) in [6, 6.07) is 25.3. The van der Waals surface area contributed by atoms with E-state index in [0.717, 1.165) is 11.1 Å². The molecule has 3 aromatic rings. The topological polar surface area (TPSA) is 45.7 Å². The van der Waals surface area contributed by atoms with Crippen molar-refractivity contribution < 1.29 is 14.5 Å². The lowest BCUT2D eigenvalue weighted by Gasteiger charge is -2.20. The number of nitrogens with two attached hydrogens (primary N) is 1. The monoisotopic (exact) mass is 349 g/mol. The molecule has 2 atom stereocenters. The number of hydrogen-bond donors (Lipinski definition) is 2. The van der Waals surface area contributed by atoms with Gasteiger partial charge in [-0.3, -0.25) is 4.79 Å². The van der Waals surface area contributed by atoms with Gasteiger partial charge in [0.25, 0.3) is 5.91 Å². The molecule has 0 aromatic heterocycles. The SMILES string of the molecule is C[C@@H]([NH2+][C@@H](C(=O)Nc1ccc(F)cc1)c1ccccc1)c1ccccc1. The molecule has 0 aliphatic rings. The van der Waals surface area contributed by atoms with Crippen molar-refractivity contribution in [1.29, 1.82) is 0 Å². The molecule has 132 valence electrons. The predicted octanol–water partition coefficient (Wildman–Crippen LogP) is 3.83. The van der Waals surface area contributed by atoms with E-state index in [1.54, 1.807) is 12.1 Å². The van der Waals surface area contributed by atoms with Crippen molar-refractivity contribution in [2.24, 2.45) is 0 Å². The van der Waals surface area contributed by atoms with E-state index in [2.05, 4.69) is 24.4 Å². The Morgan fingerprint density at radius 1 is 0.846 bits per heavy atom. The molecule has 3 N–H and O–H groups in total. The molecule has 0 aliphatic carbocycles.